The van der Waals surface area contributed by atoms with Crippen LogP contribution in [0.25, 0.3) is 5.70 Å². The highest BCUT2D eigenvalue weighted by molar-refractivity contribution is 6.00. The fourth-order valence-corrected chi connectivity index (χ4v) is 2.61. The van der Waals surface area contributed by atoms with Gasteiger partial charge in [-0.2, -0.15) is 0 Å². The summed E-state index contributed by atoms with van der Waals surface area (Å²) >= 11 is 0. The number of hydrogen-bond acceptors (Lipinski definition) is 2. The van der Waals surface area contributed by atoms with Crippen LogP contribution in [0.2, 0.25) is 0 Å². The topological polar surface area (TPSA) is 34.9 Å². The molecule has 1 heterocycles. The third kappa shape index (κ3) is 2.72. The van der Waals surface area contributed by atoms with E-state index >= 15 is 0 Å². The second kappa shape index (κ2) is 5.52. The standard InChI is InChI=1S/C18H18N2O/c1-13-3-4-14(2)17(11-13)18(21)15-5-7-16(8-6-15)20-10-9-19-12-20/h3-5,7-12,15H,6H2,1-2H3. The van der Waals surface area contributed by atoms with Crippen LogP contribution in [0.3, 0.4) is 0 Å². The quantitative estimate of drug-likeness (QED) is 0.800. The van der Waals surface area contributed by atoms with E-state index in [-0.39, 0.29) is 11.7 Å². The number of carbonyl (C=O) groups excluding carboxylic acids is 1. The first-order chi connectivity index (χ1) is 10.1. The number of carbonyl (C=O) groups is 1. The SMILES string of the molecule is Cc1ccc(C)c(C(=O)C2C=CC(n3ccnc3)=CC2)c1. The van der Waals surface area contributed by atoms with Gasteiger partial charge in [0.2, 0.25) is 0 Å². The van der Waals surface area contributed by atoms with Gasteiger partial charge in [0.05, 0.1) is 6.33 Å². The molecular weight excluding hydrogens is 260 g/mol. The lowest BCUT2D eigenvalue weighted by Gasteiger charge is -2.17. The van der Waals surface area contributed by atoms with Crippen LogP contribution >= 0.6 is 0 Å². The van der Waals surface area contributed by atoms with Gasteiger partial charge < -0.3 is 4.57 Å². The van der Waals surface area contributed by atoms with Crippen molar-refractivity contribution in [3.63, 3.8) is 0 Å². The molecule has 0 fully saturated rings. The molecule has 0 saturated carbocycles. The molecule has 0 bridgehead atoms. The minimum absolute atomic E-state index is 0.0715. The number of benzene rings is 1. The minimum Gasteiger partial charge on any atom is -0.307 e. The smallest absolute Gasteiger partial charge is 0.170 e. The Kier molecular flexibility index (Phi) is 3.57. The molecule has 1 aliphatic rings. The Morgan fingerprint density at radius 1 is 1.33 bits per heavy atom. The highest BCUT2D eigenvalue weighted by atomic mass is 16.1. The van der Waals surface area contributed by atoms with Crippen LogP contribution in [0.15, 0.2) is 55.1 Å². The number of Topliss-reactive ketones (excluding diaryl/α,β-unsaturated/α-hetero) is 1. The molecule has 21 heavy (non-hydrogen) atoms. The summed E-state index contributed by atoms with van der Waals surface area (Å²) in [5, 5.41) is 0. The van der Waals surface area contributed by atoms with Crippen LogP contribution in [-0.4, -0.2) is 15.3 Å². The predicted octanol–water partition coefficient (Wildman–Crippen LogP) is 3.80. The van der Waals surface area contributed by atoms with Gasteiger partial charge in [0.1, 0.15) is 0 Å². The van der Waals surface area contributed by atoms with Crippen molar-refractivity contribution in [2.45, 2.75) is 20.3 Å². The maximum Gasteiger partial charge on any atom is 0.170 e. The van der Waals surface area contributed by atoms with Gasteiger partial charge in [0.15, 0.2) is 5.78 Å². The average Bonchev–Trinajstić information content (AvgIpc) is 3.03. The van der Waals surface area contributed by atoms with E-state index in [0.717, 1.165) is 28.8 Å². The second-order valence-corrected chi connectivity index (χ2v) is 5.48. The van der Waals surface area contributed by atoms with Gasteiger partial charge in [0.25, 0.3) is 0 Å². The summed E-state index contributed by atoms with van der Waals surface area (Å²) in [6, 6.07) is 6.04. The number of allylic oxidation sites excluding steroid dienone is 4. The highest BCUT2D eigenvalue weighted by Gasteiger charge is 2.20. The van der Waals surface area contributed by atoms with Crippen LogP contribution in [-0.2, 0) is 0 Å². The Hall–Kier alpha value is -2.42. The van der Waals surface area contributed by atoms with Gasteiger partial charge in [-0.3, -0.25) is 4.79 Å². The maximum absolute atomic E-state index is 12.7. The van der Waals surface area contributed by atoms with E-state index in [1.54, 1.807) is 12.5 Å². The third-order valence-electron chi connectivity index (χ3n) is 3.88. The van der Waals surface area contributed by atoms with Gasteiger partial charge in [-0.05, 0) is 38.0 Å². The van der Waals surface area contributed by atoms with Crippen molar-refractivity contribution < 1.29 is 4.79 Å². The van der Waals surface area contributed by atoms with Gasteiger partial charge in [-0.1, -0.05) is 29.8 Å². The number of aryl methyl sites for hydroxylation is 2. The molecule has 0 aliphatic heterocycles. The van der Waals surface area contributed by atoms with Crippen molar-refractivity contribution in [3.05, 3.63) is 71.8 Å². The van der Waals surface area contributed by atoms with Crippen LogP contribution < -0.4 is 0 Å². The Morgan fingerprint density at radius 3 is 2.86 bits per heavy atom. The van der Waals surface area contributed by atoms with E-state index < -0.39 is 0 Å². The number of ketones is 1. The van der Waals surface area contributed by atoms with Gasteiger partial charge in [0, 0.05) is 29.6 Å². The Balaban J connectivity index is 1.80. The summed E-state index contributed by atoms with van der Waals surface area (Å²) in [5.41, 5.74) is 4.07. The van der Waals surface area contributed by atoms with Crippen molar-refractivity contribution in [1.29, 1.82) is 0 Å². The zero-order valence-corrected chi connectivity index (χ0v) is 12.3. The molecule has 1 aromatic carbocycles. The van der Waals surface area contributed by atoms with Gasteiger partial charge >= 0.3 is 0 Å². The van der Waals surface area contributed by atoms with E-state index in [1.807, 2.05) is 55.0 Å². The first-order valence-electron chi connectivity index (χ1n) is 7.13. The van der Waals surface area contributed by atoms with Gasteiger partial charge in [-0.15, -0.1) is 0 Å². The molecule has 0 amide bonds. The molecule has 2 aromatic rings. The summed E-state index contributed by atoms with van der Waals surface area (Å²) in [5.74, 6) is 0.131. The number of rotatable bonds is 3. The summed E-state index contributed by atoms with van der Waals surface area (Å²) in [7, 11) is 0. The molecule has 3 nitrogen and oxygen atoms in total. The van der Waals surface area contributed by atoms with Crippen molar-refractivity contribution in [1.82, 2.24) is 9.55 Å². The number of hydrogen-bond donors (Lipinski definition) is 0. The summed E-state index contributed by atoms with van der Waals surface area (Å²) in [6.45, 7) is 4.01. The first-order valence-corrected chi connectivity index (χ1v) is 7.13. The monoisotopic (exact) mass is 278 g/mol. The van der Waals surface area contributed by atoms with Crippen LogP contribution in [0, 0.1) is 19.8 Å². The Morgan fingerprint density at radius 2 is 2.19 bits per heavy atom. The molecule has 0 radical (unpaired) electrons. The molecule has 0 spiro atoms. The fraction of sp³-hybridized carbons (Fsp3) is 0.222. The highest BCUT2D eigenvalue weighted by Crippen LogP contribution is 2.24. The van der Waals surface area contributed by atoms with E-state index in [2.05, 4.69) is 11.1 Å². The van der Waals surface area contributed by atoms with Gasteiger partial charge in [-0.25, -0.2) is 4.98 Å². The minimum atomic E-state index is -0.0715. The van der Waals surface area contributed by atoms with E-state index in [1.165, 1.54) is 0 Å². The van der Waals surface area contributed by atoms with Crippen molar-refractivity contribution in [2.75, 3.05) is 0 Å². The lowest BCUT2D eigenvalue weighted by Crippen LogP contribution is -2.15. The molecule has 1 aromatic heterocycles. The Labute approximate surface area is 124 Å². The van der Waals surface area contributed by atoms with E-state index in [0.29, 0.717) is 0 Å². The van der Waals surface area contributed by atoms with Crippen LogP contribution in [0.4, 0.5) is 0 Å². The molecule has 3 rings (SSSR count). The second-order valence-electron chi connectivity index (χ2n) is 5.48. The molecule has 1 atom stereocenters. The van der Waals surface area contributed by atoms with E-state index in [4.69, 9.17) is 0 Å². The first kappa shape index (κ1) is 13.6. The number of imidazole rings is 1. The summed E-state index contributed by atoms with van der Waals surface area (Å²) in [6.07, 6.45) is 12.2. The largest absolute Gasteiger partial charge is 0.307 e. The van der Waals surface area contributed by atoms with Crippen molar-refractivity contribution in [2.24, 2.45) is 5.92 Å². The number of aromatic nitrogens is 2. The fourth-order valence-electron chi connectivity index (χ4n) is 2.61. The summed E-state index contributed by atoms with van der Waals surface area (Å²) < 4.78 is 1.95. The average molecular weight is 278 g/mol. The lowest BCUT2D eigenvalue weighted by molar-refractivity contribution is 0.0945. The molecule has 0 saturated heterocycles. The van der Waals surface area contributed by atoms with E-state index in [9.17, 15) is 4.79 Å². The van der Waals surface area contributed by atoms with Crippen LogP contribution in [0.5, 0.6) is 0 Å². The third-order valence-corrected chi connectivity index (χ3v) is 3.88. The molecule has 106 valence electrons. The molecule has 1 aliphatic carbocycles. The zero-order valence-electron chi connectivity index (χ0n) is 12.3. The van der Waals surface area contributed by atoms with Crippen LogP contribution in [0.1, 0.15) is 27.9 Å². The maximum atomic E-state index is 12.7. The molecule has 3 heteroatoms. The molecular formula is C18H18N2O. The molecule has 0 N–H and O–H groups in total. The van der Waals surface area contributed by atoms with Crippen molar-refractivity contribution >= 4 is 11.5 Å². The predicted molar refractivity (Wildman–Crippen MR) is 84.0 cm³/mol. The number of nitrogens with zero attached hydrogens (tertiary/aromatic N) is 2. The lowest BCUT2D eigenvalue weighted by atomic mass is 9.88. The Bertz CT molecular complexity index is 724. The zero-order chi connectivity index (χ0) is 14.8. The normalized spacial score (nSPS) is 17.6. The molecule has 1 unspecified atom stereocenters. The summed E-state index contributed by atoms with van der Waals surface area (Å²) in [4.78, 5) is 16.7. The van der Waals surface area contributed by atoms with Crippen molar-refractivity contribution in [3.8, 4) is 0 Å².